The fraction of sp³-hybridized carbons (Fsp3) is 0.438. The summed E-state index contributed by atoms with van der Waals surface area (Å²) in [6.45, 7) is 1.04. The Morgan fingerprint density at radius 1 is 1.30 bits per heavy atom. The zero-order chi connectivity index (χ0) is 16.1. The normalized spacial score (nSPS) is 18.3. The van der Waals surface area contributed by atoms with Crippen molar-refractivity contribution in [1.82, 2.24) is 9.10 Å². The van der Waals surface area contributed by atoms with Gasteiger partial charge in [0.25, 0.3) is 0 Å². The molecule has 2 heterocycles. The molecule has 7 heteroatoms. The molecule has 0 bridgehead atoms. The Balaban J connectivity index is 1.52. The number of nitrogens with zero attached hydrogens (tertiary/aromatic N) is 1. The third kappa shape index (κ3) is 4.84. The molecule has 124 valence electrons. The second kappa shape index (κ2) is 7.53. The molecule has 5 nitrogen and oxygen atoms in total. The van der Waals surface area contributed by atoms with E-state index in [0.717, 1.165) is 35.6 Å². The fourth-order valence-corrected chi connectivity index (χ4v) is 4.41. The van der Waals surface area contributed by atoms with Crippen LogP contribution in [-0.2, 0) is 21.3 Å². The van der Waals surface area contributed by atoms with Crippen molar-refractivity contribution < 1.29 is 13.2 Å². The summed E-state index contributed by atoms with van der Waals surface area (Å²) in [5.41, 5.74) is 1.92. The van der Waals surface area contributed by atoms with E-state index in [2.05, 4.69) is 9.10 Å². The van der Waals surface area contributed by atoms with Crippen LogP contribution in [0.2, 0.25) is 0 Å². The maximum Gasteiger partial charge on any atom is 0.212 e. The Morgan fingerprint density at radius 3 is 2.87 bits per heavy atom. The first-order valence-electron chi connectivity index (χ1n) is 7.72. The van der Waals surface area contributed by atoms with Crippen LogP contribution in [0, 0.1) is 0 Å². The summed E-state index contributed by atoms with van der Waals surface area (Å²) >= 11 is 1.33. The topological polar surface area (TPSA) is 68.3 Å². The second-order valence-corrected chi connectivity index (χ2v) is 8.42. The minimum absolute atomic E-state index is 0.0969. The molecule has 1 N–H and O–H groups in total. The summed E-state index contributed by atoms with van der Waals surface area (Å²) in [7, 11) is -3.27. The van der Waals surface area contributed by atoms with Gasteiger partial charge in [-0.25, -0.2) is 13.1 Å². The van der Waals surface area contributed by atoms with E-state index < -0.39 is 10.0 Å². The van der Waals surface area contributed by atoms with Crippen molar-refractivity contribution in [1.29, 1.82) is 0 Å². The SMILES string of the molecule is O=S(=O)(CCC1CCCO1)NCc1cc(-c2ccccc2)ns1. The number of aromatic nitrogens is 1. The van der Waals surface area contributed by atoms with Gasteiger partial charge in [-0.15, -0.1) is 0 Å². The first-order chi connectivity index (χ1) is 11.1. The van der Waals surface area contributed by atoms with Gasteiger partial charge in [0.2, 0.25) is 10.0 Å². The summed E-state index contributed by atoms with van der Waals surface area (Å²) in [5.74, 6) is 0.113. The van der Waals surface area contributed by atoms with Crippen LogP contribution in [0.3, 0.4) is 0 Å². The van der Waals surface area contributed by atoms with Gasteiger partial charge in [0, 0.05) is 23.6 Å². The number of hydrogen-bond acceptors (Lipinski definition) is 5. The lowest BCUT2D eigenvalue weighted by atomic mass is 10.1. The van der Waals surface area contributed by atoms with E-state index in [1.807, 2.05) is 36.4 Å². The maximum atomic E-state index is 12.1. The van der Waals surface area contributed by atoms with Gasteiger partial charge in [-0.05, 0) is 36.9 Å². The van der Waals surface area contributed by atoms with Gasteiger partial charge < -0.3 is 4.74 Å². The predicted octanol–water partition coefficient (Wildman–Crippen LogP) is 2.80. The first-order valence-corrected chi connectivity index (χ1v) is 10.1. The van der Waals surface area contributed by atoms with Crippen molar-refractivity contribution in [2.75, 3.05) is 12.4 Å². The second-order valence-electron chi connectivity index (χ2n) is 5.61. The van der Waals surface area contributed by atoms with Gasteiger partial charge in [-0.1, -0.05) is 30.3 Å². The minimum Gasteiger partial charge on any atom is -0.378 e. The number of rotatable bonds is 7. The molecule has 1 aliphatic rings. The maximum absolute atomic E-state index is 12.1. The molecule has 0 aliphatic carbocycles. The molecule has 1 aliphatic heterocycles. The number of nitrogens with one attached hydrogen (secondary N) is 1. The molecule has 0 saturated carbocycles. The van der Waals surface area contributed by atoms with Crippen LogP contribution in [0.1, 0.15) is 24.1 Å². The molecule has 1 atom stereocenters. The summed E-state index contributed by atoms with van der Waals surface area (Å²) in [5, 5.41) is 0. The fourth-order valence-electron chi connectivity index (χ4n) is 2.55. The first kappa shape index (κ1) is 16.6. The Hall–Kier alpha value is -1.28. The van der Waals surface area contributed by atoms with Crippen LogP contribution in [0.4, 0.5) is 0 Å². The van der Waals surface area contributed by atoms with Gasteiger partial charge in [0.15, 0.2) is 0 Å². The molecule has 23 heavy (non-hydrogen) atoms. The molecule has 1 fully saturated rings. The van der Waals surface area contributed by atoms with Crippen LogP contribution in [0.5, 0.6) is 0 Å². The highest BCUT2D eigenvalue weighted by molar-refractivity contribution is 7.89. The van der Waals surface area contributed by atoms with Gasteiger partial charge >= 0.3 is 0 Å². The predicted molar refractivity (Wildman–Crippen MR) is 91.8 cm³/mol. The van der Waals surface area contributed by atoms with Crippen molar-refractivity contribution >= 4 is 21.6 Å². The average Bonchev–Trinajstić information content (AvgIpc) is 3.24. The Bertz CT molecular complexity index is 723. The molecular formula is C16H20N2O3S2. The van der Waals surface area contributed by atoms with Gasteiger partial charge in [-0.2, -0.15) is 4.37 Å². The van der Waals surface area contributed by atoms with Crippen LogP contribution in [0.15, 0.2) is 36.4 Å². The molecule has 1 aromatic heterocycles. The van der Waals surface area contributed by atoms with Crippen LogP contribution in [0.25, 0.3) is 11.3 Å². The molecule has 0 radical (unpaired) electrons. The number of benzene rings is 1. The zero-order valence-corrected chi connectivity index (χ0v) is 14.4. The lowest BCUT2D eigenvalue weighted by Crippen LogP contribution is -2.27. The highest BCUT2D eigenvalue weighted by atomic mass is 32.2. The lowest BCUT2D eigenvalue weighted by Gasteiger charge is -2.09. The van der Waals surface area contributed by atoms with E-state index >= 15 is 0 Å². The van der Waals surface area contributed by atoms with E-state index in [9.17, 15) is 8.42 Å². The van der Waals surface area contributed by atoms with Gasteiger partial charge in [0.05, 0.1) is 17.6 Å². The molecule has 1 unspecified atom stereocenters. The molecule has 1 aromatic carbocycles. The van der Waals surface area contributed by atoms with Crippen molar-refractivity contribution in [2.45, 2.75) is 31.9 Å². The van der Waals surface area contributed by atoms with Crippen LogP contribution >= 0.6 is 11.5 Å². The monoisotopic (exact) mass is 352 g/mol. The molecule has 1 saturated heterocycles. The zero-order valence-electron chi connectivity index (χ0n) is 12.8. The Morgan fingerprint density at radius 2 is 2.13 bits per heavy atom. The molecule has 2 aromatic rings. The van der Waals surface area contributed by atoms with Gasteiger partial charge in [-0.3, -0.25) is 0 Å². The largest absolute Gasteiger partial charge is 0.378 e. The van der Waals surface area contributed by atoms with E-state index in [4.69, 9.17) is 4.74 Å². The van der Waals surface area contributed by atoms with E-state index in [0.29, 0.717) is 13.0 Å². The standard InChI is InChI=1S/C16H20N2O3S2/c19-23(20,10-8-14-7-4-9-21-14)17-12-15-11-16(18-22-15)13-5-2-1-3-6-13/h1-3,5-6,11,14,17H,4,7-10,12H2. The molecular weight excluding hydrogens is 332 g/mol. The van der Waals surface area contributed by atoms with Crippen molar-refractivity contribution in [2.24, 2.45) is 0 Å². The van der Waals surface area contributed by atoms with Gasteiger partial charge in [0.1, 0.15) is 0 Å². The summed E-state index contributed by atoms with van der Waals surface area (Å²) < 4.78 is 36.6. The Kier molecular flexibility index (Phi) is 5.42. The smallest absolute Gasteiger partial charge is 0.212 e. The molecule has 0 amide bonds. The summed E-state index contributed by atoms with van der Waals surface area (Å²) in [4.78, 5) is 0.907. The number of ether oxygens (including phenoxy) is 1. The third-order valence-electron chi connectivity index (χ3n) is 3.83. The lowest BCUT2D eigenvalue weighted by molar-refractivity contribution is 0.109. The molecule has 0 spiro atoms. The summed E-state index contributed by atoms with van der Waals surface area (Å²) in [6.07, 6.45) is 2.65. The van der Waals surface area contributed by atoms with E-state index in [1.54, 1.807) is 0 Å². The Labute approximate surface area is 140 Å². The van der Waals surface area contributed by atoms with Crippen molar-refractivity contribution in [3.63, 3.8) is 0 Å². The highest BCUT2D eigenvalue weighted by Crippen LogP contribution is 2.21. The third-order valence-corrected chi connectivity index (χ3v) is 5.97. The van der Waals surface area contributed by atoms with Crippen LogP contribution in [-0.4, -0.2) is 31.3 Å². The highest BCUT2D eigenvalue weighted by Gasteiger charge is 2.19. The summed E-state index contributed by atoms with van der Waals surface area (Å²) in [6, 6.07) is 11.8. The minimum atomic E-state index is -3.27. The van der Waals surface area contributed by atoms with Crippen molar-refractivity contribution in [3.05, 3.63) is 41.3 Å². The van der Waals surface area contributed by atoms with E-state index in [-0.39, 0.29) is 11.9 Å². The number of hydrogen-bond donors (Lipinski definition) is 1. The quantitative estimate of drug-likeness (QED) is 0.832. The molecule has 3 rings (SSSR count). The van der Waals surface area contributed by atoms with Crippen molar-refractivity contribution in [3.8, 4) is 11.3 Å². The van der Waals surface area contributed by atoms with Crippen LogP contribution < -0.4 is 4.72 Å². The number of sulfonamides is 1. The average molecular weight is 352 g/mol. The van der Waals surface area contributed by atoms with E-state index in [1.165, 1.54) is 11.5 Å².